The van der Waals surface area contributed by atoms with Gasteiger partial charge in [-0.1, -0.05) is 204 Å². The Morgan fingerprint density at radius 3 is 1.21 bits per heavy atom. The molecule has 1 saturated heterocycles. The Bertz CT molecular complexity index is 3170. The van der Waals surface area contributed by atoms with Crippen LogP contribution >= 0.6 is 86.9 Å². The number of alkyl halides is 2. The molecule has 3 aliphatic carbocycles. The third-order valence-corrected chi connectivity index (χ3v) is 18.5. The molecule has 11 rings (SSSR count). The van der Waals surface area contributed by atoms with Crippen LogP contribution in [0.2, 0.25) is 0 Å². The molecule has 1 atom stereocenters. The number of piperidine rings is 1. The molecule has 6 aromatic rings. The van der Waals surface area contributed by atoms with E-state index in [4.69, 9.17) is 32.7 Å². The zero-order chi connectivity index (χ0) is 71.4. The smallest absolute Gasteiger partial charge is 0.462 e. The molecular weight excluding hydrogens is 1540 g/mol. The summed E-state index contributed by atoms with van der Waals surface area (Å²) in [6.07, 6.45) is 24.4. The first-order valence-corrected chi connectivity index (χ1v) is 38.2. The van der Waals surface area contributed by atoms with E-state index in [1.807, 2.05) is 129 Å². The number of nitrogens with one attached hydrogen (secondary N) is 2. The highest BCUT2D eigenvalue weighted by Gasteiger charge is 2.32. The second kappa shape index (κ2) is 49.2. The molecule has 1 saturated carbocycles. The highest BCUT2D eigenvalue weighted by atomic mass is 79.9. The van der Waals surface area contributed by atoms with Crippen LogP contribution in [0.25, 0.3) is 16.7 Å². The molecule has 2 heterocycles. The second-order valence-electron chi connectivity index (χ2n) is 23.3. The minimum absolute atomic E-state index is 0.239. The normalized spacial score (nSPS) is 15.8. The molecule has 4 N–H and O–H groups in total. The van der Waals surface area contributed by atoms with Gasteiger partial charge in [-0.25, -0.2) is 19.2 Å². The number of benzene rings is 6. The lowest BCUT2D eigenvalue weighted by Crippen LogP contribution is -2.39. The summed E-state index contributed by atoms with van der Waals surface area (Å²) >= 11 is 23.5. The summed E-state index contributed by atoms with van der Waals surface area (Å²) in [5.41, 5.74) is 10.1. The summed E-state index contributed by atoms with van der Waals surface area (Å²) in [5, 5.41) is 28.3. The number of carbonyl (C=O) groups is 4. The summed E-state index contributed by atoms with van der Waals surface area (Å²) in [6, 6.07) is 50.3. The van der Waals surface area contributed by atoms with Crippen LogP contribution in [0.15, 0.2) is 183 Å². The number of aliphatic hydroxyl groups is 2. The Labute approximate surface area is 625 Å². The maximum Gasteiger partial charge on any atom is 0.508 e. The van der Waals surface area contributed by atoms with E-state index in [2.05, 4.69) is 143 Å². The highest BCUT2D eigenvalue weighted by molar-refractivity contribution is 9.11. The fourth-order valence-corrected chi connectivity index (χ4v) is 12.3. The van der Waals surface area contributed by atoms with Crippen molar-refractivity contribution < 1.29 is 53.1 Å². The van der Waals surface area contributed by atoms with E-state index >= 15 is 0 Å². The van der Waals surface area contributed by atoms with Crippen LogP contribution in [-0.4, -0.2) is 91.9 Å². The van der Waals surface area contributed by atoms with E-state index in [1.165, 1.54) is 97.3 Å². The van der Waals surface area contributed by atoms with Crippen molar-refractivity contribution in [3.63, 3.8) is 0 Å². The Hall–Kier alpha value is -5.44. The van der Waals surface area contributed by atoms with E-state index in [1.54, 1.807) is 13.8 Å². The van der Waals surface area contributed by atoms with Crippen LogP contribution in [0.5, 0.6) is 0 Å². The highest BCUT2D eigenvalue weighted by Crippen LogP contribution is 2.38. The van der Waals surface area contributed by atoms with Crippen molar-refractivity contribution >= 4 is 127 Å². The monoisotopic (exact) mass is 1640 g/mol. The van der Waals surface area contributed by atoms with Gasteiger partial charge in [0.15, 0.2) is 5.56 Å². The van der Waals surface area contributed by atoms with Gasteiger partial charge in [0.25, 0.3) is 0 Å². The molecule has 0 spiro atoms. The maximum absolute atomic E-state index is 11.5. The number of esters is 2. The average molecular weight is 1640 g/mol. The van der Waals surface area contributed by atoms with Crippen LogP contribution in [-0.2, 0) is 40.2 Å². The molecule has 13 nitrogen and oxygen atoms in total. The number of carbonyl (C=O) groups excluding carboxylic acids is 4. The van der Waals surface area contributed by atoms with Gasteiger partial charge in [0.05, 0.1) is 48.8 Å². The first-order valence-electron chi connectivity index (χ1n) is 33.9. The van der Waals surface area contributed by atoms with Crippen molar-refractivity contribution in [2.24, 2.45) is 0 Å². The Morgan fingerprint density at radius 1 is 0.480 bits per heavy atom. The van der Waals surface area contributed by atoms with Crippen LogP contribution in [0.3, 0.4) is 0 Å². The third-order valence-electron chi connectivity index (χ3n) is 16.0. The number of hydrogen-bond acceptors (Lipinski definition) is 13. The quantitative estimate of drug-likeness (QED) is 0.0372. The molecule has 19 heteroatoms. The number of hydrogen-bond donors (Lipinski definition) is 4. The van der Waals surface area contributed by atoms with E-state index in [9.17, 15) is 29.4 Å². The van der Waals surface area contributed by atoms with Gasteiger partial charge in [-0.3, -0.25) is 0 Å². The topological polar surface area (TPSA) is 179 Å². The number of halogens is 6. The van der Waals surface area contributed by atoms with Gasteiger partial charge in [0.2, 0.25) is 0 Å². The summed E-state index contributed by atoms with van der Waals surface area (Å²) in [5.74, 6) is -0.491. The molecule has 5 aliphatic rings. The SMILES string of the molecule is BrCc1ccccc1.Brc1ccc(C2=CCCCC2)cc1.CC(Cl)OC(=O)Cl.CCOC(=O)OCC.CCOC(=O)c1ccc(C2=CCCCC2)cc1.CCOC(=O)c1ccc(C2=CCNCC2)cc1.OC1(c2ccc(Br)cc2)CCCCC1.OC1(c2ccc(Br)cc2)CCNCC1. The summed E-state index contributed by atoms with van der Waals surface area (Å²) in [7, 11) is 0. The molecule has 0 bridgehead atoms. The van der Waals surface area contributed by atoms with Crippen molar-refractivity contribution in [1.82, 2.24) is 10.6 Å². The minimum Gasteiger partial charge on any atom is -0.462 e. The van der Waals surface area contributed by atoms with E-state index < -0.39 is 28.3 Å². The van der Waals surface area contributed by atoms with Gasteiger partial charge in [-0.15, -0.1) is 0 Å². The van der Waals surface area contributed by atoms with E-state index in [0.29, 0.717) is 37.6 Å². The first kappa shape index (κ1) is 85.0. The summed E-state index contributed by atoms with van der Waals surface area (Å²) in [6.45, 7) is 13.9. The minimum atomic E-state index is -0.873. The van der Waals surface area contributed by atoms with Gasteiger partial charge in [0.1, 0.15) is 0 Å². The van der Waals surface area contributed by atoms with Gasteiger partial charge in [-0.2, -0.15) is 0 Å². The number of allylic oxidation sites excluding steroid dienone is 4. The van der Waals surface area contributed by atoms with Gasteiger partial charge < -0.3 is 44.5 Å². The summed E-state index contributed by atoms with van der Waals surface area (Å²) < 4.78 is 26.2. The predicted molar refractivity (Wildman–Crippen MR) is 414 cm³/mol. The molecule has 6 aromatic carbocycles. The first-order chi connectivity index (χ1) is 47.3. The molecule has 1 unspecified atom stereocenters. The van der Waals surface area contributed by atoms with Crippen LogP contribution in [0.1, 0.15) is 191 Å². The maximum atomic E-state index is 11.5. The fraction of sp³-hybridized carbons (Fsp3) is 0.418. The lowest BCUT2D eigenvalue weighted by atomic mass is 9.80. The number of rotatable bonds is 13. The van der Waals surface area contributed by atoms with Crippen molar-refractivity contribution in [3.8, 4) is 0 Å². The van der Waals surface area contributed by atoms with Crippen LogP contribution < -0.4 is 10.6 Å². The zero-order valence-electron chi connectivity index (χ0n) is 57.3. The van der Waals surface area contributed by atoms with Crippen molar-refractivity contribution in [2.75, 3.05) is 52.6 Å². The Balaban J connectivity index is 0.000000242. The Kier molecular flexibility index (Phi) is 42.6. The lowest BCUT2D eigenvalue weighted by Gasteiger charge is -2.33. The third kappa shape index (κ3) is 33.8. The second-order valence-corrected chi connectivity index (χ2v) is 27.5. The molecule has 0 aromatic heterocycles. The Morgan fingerprint density at radius 2 is 0.878 bits per heavy atom. The molecule has 532 valence electrons. The van der Waals surface area contributed by atoms with Gasteiger partial charge in [0, 0.05) is 36.9 Å². The van der Waals surface area contributed by atoms with Gasteiger partial charge >= 0.3 is 23.5 Å². The molecule has 2 aliphatic heterocycles. The molecule has 0 amide bonds. The van der Waals surface area contributed by atoms with Crippen LogP contribution in [0.4, 0.5) is 9.59 Å². The summed E-state index contributed by atoms with van der Waals surface area (Å²) in [4.78, 5) is 42.9. The molecular formula is C79H98Br4Cl2N2O11. The van der Waals surface area contributed by atoms with Crippen molar-refractivity contribution in [3.05, 3.63) is 228 Å². The van der Waals surface area contributed by atoms with Crippen molar-refractivity contribution in [1.29, 1.82) is 0 Å². The standard InChI is InChI=1S/C15H18O2.C14H17NO2.C12H15BrO.C12H13Br.C11H14BrNO.C7H7Br.C5H10O3.C3H4Cl2O2/c1-2-17-15(16)14-10-8-13(9-11-14)12-6-4-3-5-7-12;1-2-17-14(16)13-5-3-11(4-6-13)12-7-9-15-10-8-12;13-11-6-4-10(5-7-11)12(14)8-2-1-3-9-12;13-12-8-6-11(7-9-12)10-4-2-1-3-5-10;12-10-3-1-9(2-4-10)11(14)5-7-13-8-6-11;8-6-7-4-2-1-3-5-7;1-3-7-5(6)8-4-2;1-2(4)7-3(5)6/h6,8-11H,2-5,7H2,1H3;3-7,15H,2,8-10H2,1H3;4-7,14H,1-3,8-9H2;4,6-9H,1-3,5H2;1-4,13-14H,5-8H2;1-5H,6H2;3-4H2,1-2H3;2H,1H3. The van der Waals surface area contributed by atoms with E-state index in [-0.39, 0.29) is 11.9 Å². The molecule has 0 radical (unpaired) electrons. The zero-order valence-corrected chi connectivity index (χ0v) is 65.1. The number of ether oxygens (including phenoxy) is 5. The van der Waals surface area contributed by atoms with E-state index in [0.717, 1.165) is 107 Å². The van der Waals surface area contributed by atoms with Crippen LogP contribution in [0, 0.1) is 0 Å². The fourth-order valence-electron chi connectivity index (χ4n) is 10.9. The predicted octanol–water partition coefficient (Wildman–Crippen LogP) is 21.8. The largest absolute Gasteiger partial charge is 0.508 e. The lowest BCUT2D eigenvalue weighted by molar-refractivity contribution is -0.000675. The van der Waals surface area contributed by atoms with Gasteiger partial charge in [-0.05, 0) is 248 Å². The molecule has 98 heavy (non-hydrogen) atoms. The average Bonchev–Trinajstić information content (AvgIpc) is 0.859. The molecule has 2 fully saturated rings. The van der Waals surface area contributed by atoms with Crippen molar-refractivity contribution in [2.45, 2.75) is 159 Å².